The molecule has 0 spiro atoms. The van der Waals surface area contributed by atoms with Gasteiger partial charge in [-0.2, -0.15) is 0 Å². The van der Waals surface area contributed by atoms with Crippen LogP contribution in [-0.2, 0) is 23.2 Å². The van der Waals surface area contributed by atoms with Gasteiger partial charge in [0.15, 0.2) is 0 Å². The van der Waals surface area contributed by atoms with Crippen LogP contribution in [0.15, 0.2) is 102 Å². The summed E-state index contributed by atoms with van der Waals surface area (Å²) < 4.78 is 1.31. The van der Waals surface area contributed by atoms with Gasteiger partial charge in [0.05, 0.1) is 0 Å². The van der Waals surface area contributed by atoms with Crippen molar-refractivity contribution >= 4 is 25.4 Å². The molecule has 2 bridgehead atoms. The predicted molar refractivity (Wildman–Crippen MR) is 139 cm³/mol. The third-order valence-corrected chi connectivity index (χ3v) is 14.7. The van der Waals surface area contributed by atoms with Gasteiger partial charge in [-0.3, -0.25) is 0 Å². The summed E-state index contributed by atoms with van der Waals surface area (Å²) in [7, 11) is -0.287. The normalized spacial score (nSPS) is 19.9. The molecule has 1 aliphatic heterocycles. The Hall–Kier alpha value is -1.75. The van der Waals surface area contributed by atoms with E-state index in [0.717, 1.165) is 0 Å². The monoisotopic (exact) mass is 586 g/mol. The van der Waals surface area contributed by atoms with Crippen molar-refractivity contribution in [2.75, 3.05) is 6.66 Å². The number of fused-ring (bicyclic) bond motifs is 3. The Kier molecular flexibility index (Phi) is 7.09. The molecule has 0 radical (unpaired) electrons. The molecule has 0 aromatic heterocycles. The summed E-state index contributed by atoms with van der Waals surface area (Å²) >= 11 is -0.821. The Balaban J connectivity index is 0.00000127. The standard InChI is InChI=1S/C16H12P.C15H11.2ClH.Zr/c1-17-12-9-11-5-4-7-13(15(11)10-12)14-6-2-3-8-16(14)17;1-2-6-12(7-3-1)14-10-4-8-13-9-5-11-15(13)14;;;/h2-10H,1H3;1-11H;2*1H;/q;;;;+2/p-2. The molecule has 2 aliphatic carbocycles. The second kappa shape index (κ2) is 9.96. The van der Waals surface area contributed by atoms with Crippen LogP contribution in [0.3, 0.4) is 0 Å². The molecule has 3 atom stereocenters. The Bertz CT molecular complexity index is 1470. The van der Waals surface area contributed by atoms with Gasteiger partial charge in [-0.1, -0.05) is 0 Å². The smallest absolute Gasteiger partial charge is 1.00 e. The quantitative estimate of drug-likeness (QED) is 0.322. The molecule has 0 fully saturated rings. The average Bonchev–Trinajstić information content (AvgIpc) is 3.42. The first kappa shape index (κ1) is 24.9. The largest absolute Gasteiger partial charge is 1.00 e. The van der Waals surface area contributed by atoms with Crippen LogP contribution < -0.4 is 30.1 Å². The number of rotatable bonds is 3. The van der Waals surface area contributed by atoms with Crippen LogP contribution in [0.5, 0.6) is 0 Å². The van der Waals surface area contributed by atoms with E-state index in [1.54, 1.807) is 21.7 Å². The van der Waals surface area contributed by atoms with Crippen LogP contribution in [0, 0.1) is 0 Å². The number of hydrogen-bond acceptors (Lipinski definition) is 0. The van der Waals surface area contributed by atoms with Crippen LogP contribution >= 0.6 is 7.92 Å². The minimum atomic E-state index is -0.821. The number of allylic oxidation sites excluding steroid dienone is 2. The average molecular weight is 589 g/mol. The van der Waals surface area contributed by atoms with Crippen LogP contribution in [0.2, 0.25) is 0 Å². The molecule has 4 aromatic rings. The van der Waals surface area contributed by atoms with Gasteiger partial charge in [-0.05, 0) is 0 Å². The molecule has 3 aliphatic rings. The van der Waals surface area contributed by atoms with Crippen molar-refractivity contribution in [3.05, 3.63) is 125 Å². The van der Waals surface area contributed by atoms with E-state index in [1.807, 2.05) is 0 Å². The van der Waals surface area contributed by atoms with Crippen LogP contribution in [0.25, 0.3) is 34.4 Å². The maximum absolute atomic E-state index is 2.59. The summed E-state index contributed by atoms with van der Waals surface area (Å²) in [5, 5.41) is 3.29. The molecule has 4 heteroatoms. The number of benzene rings is 4. The molecule has 170 valence electrons. The summed E-state index contributed by atoms with van der Waals surface area (Å²) in [6.45, 7) is 2.49. The molecule has 3 unspecified atom stereocenters. The third kappa shape index (κ3) is 3.97. The van der Waals surface area contributed by atoms with Crippen molar-refractivity contribution < 1.29 is 48.0 Å². The number of halogens is 2. The van der Waals surface area contributed by atoms with E-state index in [4.69, 9.17) is 0 Å². The Labute approximate surface area is 232 Å². The molecular weight excluding hydrogens is 565 g/mol. The molecule has 7 rings (SSSR count). The Morgan fingerprint density at radius 3 is 2.17 bits per heavy atom. The maximum Gasteiger partial charge on any atom is -1.00 e. The van der Waals surface area contributed by atoms with Gasteiger partial charge < -0.3 is 24.8 Å². The fourth-order valence-corrected chi connectivity index (χ4v) is 13.8. The minimum absolute atomic E-state index is 0. The number of hydrogen-bond donors (Lipinski definition) is 0. The molecule has 0 amide bonds. The van der Waals surface area contributed by atoms with Crippen molar-refractivity contribution in [3.63, 3.8) is 0 Å². The van der Waals surface area contributed by atoms with E-state index in [-0.39, 0.29) is 32.7 Å². The molecule has 0 N–H and O–H groups in total. The van der Waals surface area contributed by atoms with E-state index in [0.29, 0.717) is 7.25 Å². The van der Waals surface area contributed by atoms with Crippen LogP contribution in [0.4, 0.5) is 0 Å². The molecule has 0 nitrogen and oxygen atoms in total. The zero-order valence-electron chi connectivity index (χ0n) is 19.3. The maximum atomic E-state index is 2.59. The van der Waals surface area contributed by atoms with Crippen LogP contribution in [-0.4, -0.2) is 6.66 Å². The zero-order chi connectivity index (χ0) is 21.9. The van der Waals surface area contributed by atoms with E-state index < -0.39 is 23.2 Å². The first-order valence-corrected chi connectivity index (χ1v) is 16.2. The topological polar surface area (TPSA) is 0 Å². The van der Waals surface area contributed by atoms with Crippen molar-refractivity contribution in [1.29, 1.82) is 0 Å². The molecule has 0 saturated carbocycles. The fraction of sp³-hybridized carbons (Fsp3) is 0.0968. The molecule has 35 heavy (non-hydrogen) atoms. The summed E-state index contributed by atoms with van der Waals surface area (Å²) in [5.41, 5.74) is 11.7. The molecular formula is C31H23Cl2PZr. The summed E-state index contributed by atoms with van der Waals surface area (Å²) in [4.78, 5) is 0. The second-order valence-electron chi connectivity index (χ2n) is 9.06. The van der Waals surface area contributed by atoms with Crippen molar-refractivity contribution in [2.45, 2.75) is 7.25 Å². The summed E-state index contributed by atoms with van der Waals surface area (Å²) in [5.74, 6) is 0. The van der Waals surface area contributed by atoms with Gasteiger partial charge in [0.25, 0.3) is 0 Å². The van der Waals surface area contributed by atoms with Crippen molar-refractivity contribution in [2.24, 2.45) is 0 Å². The van der Waals surface area contributed by atoms with E-state index in [1.165, 1.54) is 33.4 Å². The minimum Gasteiger partial charge on any atom is -1.00 e. The SMILES string of the molecule is CP1C2=Cc3c(cccc3[CH]2[Zr+2][CH]2C=Cc3c(-c4ccccc4)cccc32)-c2ccccc21.[Cl-].[Cl-]. The zero-order valence-corrected chi connectivity index (χ0v) is 24.1. The van der Waals surface area contributed by atoms with E-state index >= 15 is 0 Å². The van der Waals surface area contributed by atoms with E-state index in [9.17, 15) is 0 Å². The summed E-state index contributed by atoms with van der Waals surface area (Å²) in [6.07, 6.45) is 7.52. The third-order valence-electron chi connectivity index (χ3n) is 7.34. The fourth-order valence-electron chi connectivity index (χ4n) is 5.75. The van der Waals surface area contributed by atoms with Gasteiger partial charge in [0.1, 0.15) is 0 Å². The molecule has 1 heterocycles. The first-order chi connectivity index (χ1) is 16.3. The van der Waals surface area contributed by atoms with Gasteiger partial charge in [0, 0.05) is 0 Å². The van der Waals surface area contributed by atoms with Crippen LogP contribution in [0.1, 0.15) is 29.5 Å². The van der Waals surface area contributed by atoms with Crippen molar-refractivity contribution in [3.8, 4) is 22.3 Å². The van der Waals surface area contributed by atoms with Gasteiger partial charge in [-0.15, -0.1) is 0 Å². The summed E-state index contributed by atoms with van der Waals surface area (Å²) in [6, 6.07) is 34.0. The van der Waals surface area contributed by atoms with Gasteiger partial charge in [0.2, 0.25) is 0 Å². The first-order valence-electron chi connectivity index (χ1n) is 11.6. The molecule has 0 saturated heterocycles. The predicted octanol–water partition coefficient (Wildman–Crippen LogP) is 2.03. The van der Waals surface area contributed by atoms with Gasteiger partial charge in [-0.25, -0.2) is 0 Å². The Morgan fingerprint density at radius 2 is 1.34 bits per heavy atom. The van der Waals surface area contributed by atoms with Gasteiger partial charge >= 0.3 is 209 Å². The van der Waals surface area contributed by atoms with E-state index in [2.05, 4.69) is 116 Å². The van der Waals surface area contributed by atoms with Crippen molar-refractivity contribution in [1.82, 2.24) is 0 Å². The molecule has 4 aromatic carbocycles. The Morgan fingerprint density at radius 1 is 0.657 bits per heavy atom. The second-order valence-corrected chi connectivity index (χ2v) is 14.9.